The number of carboxylic acid groups (broad SMARTS) is 1. The van der Waals surface area contributed by atoms with Crippen LogP contribution in [0.4, 0.5) is 0 Å². The monoisotopic (exact) mass is 281 g/mol. The van der Waals surface area contributed by atoms with Crippen molar-refractivity contribution in [2.75, 3.05) is 6.54 Å². The Bertz CT molecular complexity index is 435. The molecular formula is C14H23N3O3. The summed E-state index contributed by atoms with van der Waals surface area (Å²) in [6.45, 7) is 4.43. The molecule has 1 aromatic heterocycles. The molecule has 0 aliphatic carbocycles. The van der Waals surface area contributed by atoms with Gasteiger partial charge in [-0.2, -0.15) is 5.10 Å². The number of hydrogen-bond acceptors (Lipinski definition) is 3. The van der Waals surface area contributed by atoms with Crippen LogP contribution >= 0.6 is 0 Å². The molecule has 0 aliphatic rings. The van der Waals surface area contributed by atoms with Crippen molar-refractivity contribution in [1.82, 2.24) is 15.5 Å². The Hall–Kier alpha value is -1.85. The number of aromatic nitrogens is 2. The van der Waals surface area contributed by atoms with Crippen LogP contribution in [0.25, 0.3) is 0 Å². The molecule has 0 saturated heterocycles. The standard InChI is InChI=1S/C14H23N3O3/c1-10-12(11(2)17-16-10)9-13(18)15-8-6-4-3-5-7-14(19)20/h3-9H2,1-2H3,(H,15,18)(H,16,17)(H,19,20). The number of rotatable bonds is 9. The number of H-pyrrole nitrogens is 1. The van der Waals surface area contributed by atoms with Crippen LogP contribution in [0, 0.1) is 13.8 Å². The highest BCUT2D eigenvalue weighted by atomic mass is 16.4. The number of aromatic amines is 1. The Kier molecular flexibility index (Phi) is 6.76. The normalized spacial score (nSPS) is 10.5. The molecule has 0 saturated carbocycles. The van der Waals surface area contributed by atoms with Gasteiger partial charge in [0.05, 0.1) is 12.1 Å². The van der Waals surface area contributed by atoms with Crippen LogP contribution in [0.1, 0.15) is 49.1 Å². The molecule has 0 fully saturated rings. The Morgan fingerprint density at radius 2 is 1.90 bits per heavy atom. The topological polar surface area (TPSA) is 95.1 Å². The summed E-state index contributed by atoms with van der Waals surface area (Å²) in [5.74, 6) is -0.743. The van der Waals surface area contributed by atoms with E-state index in [0.717, 1.165) is 36.2 Å². The maximum atomic E-state index is 11.8. The van der Waals surface area contributed by atoms with Crippen LogP contribution in [0.15, 0.2) is 0 Å². The number of aliphatic carboxylic acids is 1. The van der Waals surface area contributed by atoms with E-state index < -0.39 is 5.97 Å². The summed E-state index contributed by atoms with van der Waals surface area (Å²) in [7, 11) is 0. The fraction of sp³-hybridized carbons (Fsp3) is 0.643. The molecule has 112 valence electrons. The second-order valence-electron chi connectivity index (χ2n) is 5.00. The molecule has 0 spiro atoms. The predicted molar refractivity (Wildman–Crippen MR) is 75.5 cm³/mol. The van der Waals surface area contributed by atoms with Gasteiger partial charge in [0.2, 0.25) is 5.91 Å². The van der Waals surface area contributed by atoms with E-state index in [-0.39, 0.29) is 12.3 Å². The number of unbranched alkanes of at least 4 members (excludes halogenated alkanes) is 3. The van der Waals surface area contributed by atoms with E-state index >= 15 is 0 Å². The van der Waals surface area contributed by atoms with E-state index in [4.69, 9.17) is 5.11 Å². The molecule has 0 bridgehead atoms. The van der Waals surface area contributed by atoms with Gasteiger partial charge in [-0.25, -0.2) is 0 Å². The first kappa shape index (κ1) is 16.2. The van der Waals surface area contributed by atoms with E-state index in [1.54, 1.807) is 0 Å². The lowest BCUT2D eigenvalue weighted by Crippen LogP contribution is -2.26. The van der Waals surface area contributed by atoms with Gasteiger partial charge in [0, 0.05) is 24.2 Å². The van der Waals surface area contributed by atoms with Crippen LogP contribution in [0.5, 0.6) is 0 Å². The number of amides is 1. The summed E-state index contributed by atoms with van der Waals surface area (Å²) >= 11 is 0. The van der Waals surface area contributed by atoms with Gasteiger partial charge >= 0.3 is 5.97 Å². The number of carboxylic acids is 1. The Morgan fingerprint density at radius 1 is 1.20 bits per heavy atom. The van der Waals surface area contributed by atoms with Crippen molar-refractivity contribution in [2.45, 2.75) is 52.4 Å². The maximum absolute atomic E-state index is 11.8. The summed E-state index contributed by atoms with van der Waals surface area (Å²) in [5.41, 5.74) is 2.77. The quantitative estimate of drug-likeness (QED) is 0.601. The van der Waals surface area contributed by atoms with Gasteiger partial charge in [-0.1, -0.05) is 12.8 Å². The van der Waals surface area contributed by atoms with Gasteiger partial charge < -0.3 is 10.4 Å². The fourth-order valence-corrected chi connectivity index (χ4v) is 2.04. The first-order valence-corrected chi connectivity index (χ1v) is 6.99. The lowest BCUT2D eigenvalue weighted by Gasteiger charge is -2.05. The highest BCUT2D eigenvalue weighted by molar-refractivity contribution is 5.79. The molecule has 1 heterocycles. The maximum Gasteiger partial charge on any atom is 0.303 e. The minimum absolute atomic E-state index is 0.00290. The van der Waals surface area contributed by atoms with Crippen molar-refractivity contribution in [3.05, 3.63) is 17.0 Å². The minimum Gasteiger partial charge on any atom is -0.481 e. The molecule has 1 amide bonds. The molecule has 3 N–H and O–H groups in total. The van der Waals surface area contributed by atoms with Gasteiger partial charge in [-0.05, 0) is 26.7 Å². The van der Waals surface area contributed by atoms with Gasteiger partial charge in [-0.3, -0.25) is 14.7 Å². The lowest BCUT2D eigenvalue weighted by atomic mass is 10.1. The van der Waals surface area contributed by atoms with E-state index in [0.29, 0.717) is 19.4 Å². The molecular weight excluding hydrogens is 258 g/mol. The zero-order valence-electron chi connectivity index (χ0n) is 12.2. The molecule has 0 aliphatic heterocycles. The Labute approximate surface area is 119 Å². The molecule has 20 heavy (non-hydrogen) atoms. The third-order valence-corrected chi connectivity index (χ3v) is 3.26. The number of aryl methyl sites for hydroxylation is 2. The highest BCUT2D eigenvalue weighted by Crippen LogP contribution is 2.09. The van der Waals surface area contributed by atoms with Gasteiger partial charge in [-0.15, -0.1) is 0 Å². The van der Waals surface area contributed by atoms with Crippen molar-refractivity contribution >= 4 is 11.9 Å². The molecule has 0 radical (unpaired) electrons. The van der Waals surface area contributed by atoms with E-state index in [1.165, 1.54) is 0 Å². The molecule has 0 unspecified atom stereocenters. The average Bonchev–Trinajstić information content (AvgIpc) is 2.69. The van der Waals surface area contributed by atoms with Crippen molar-refractivity contribution in [1.29, 1.82) is 0 Å². The Balaban J connectivity index is 2.10. The van der Waals surface area contributed by atoms with Crippen LogP contribution in [-0.2, 0) is 16.0 Å². The molecule has 1 aromatic rings. The first-order valence-electron chi connectivity index (χ1n) is 6.99. The molecule has 6 heteroatoms. The van der Waals surface area contributed by atoms with E-state index in [2.05, 4.69) is 15.5 Å². The van der Waals surface area contributed by atoms with Crippen LogP contribution in [0.3, 0.4) is 0 Å². The highest BCUT2D eigenvalue weighted by Gasteiger charge is 2.10. The Morgan fingerprint density at radius 3 is 2.50 bits per heavy atom. The van der Waals surface area contributed by atoms with Crippen LogP contribution < -0.4 is 5.32 Å². The smallest absolute Gasteiger partial charge is 0.303 e. The third-order valence-electron chi connectivity index (χ3n) is 3.26. The zero-order chi connectivity index (χ0) is 15.0. The summed E-state index contributed by atoms with van der Waals surface area (Å²) in [6.07, 6.45) is 4.00. The average molecular weight is 281 g/mol. The largest absolute Gasteiger partial charge is 0.481 e. The van der Waals surface area contributed by atoms with Crippen molar-refractivity contribution in [3.8, 4) is 0 Å². The summed E-state index contributed by atoms with van der Waals surface area (Å²) < 4.78 is 0. The van der Waals surface area contributed by atoms with Crippen LogP contribution in [-0.4, -0.2) is 33.7 Å². The third kappa shape index (κ3) is 5.86. The van der Waals surface area contributed by atoms with Crippen molar-refractivity contribution in [3.63, 3.8) is 0 Å². The zero-order valence-corrected chi connectivity index (χ0v) is 12.2. The first-order chi connectivity index (χ1) is 9.50. The number of carbonyl (C=O) groups excluding carboxylic acids is 1. The lowest BCUT2D eigenvalue weighted by molar-refractivity contribution is -0.137. The number of carbonyl (C=O) groups is 2. The van der Waals surface area contributed by atoms with Crippen molar-refractivity contribution < 1.29 is 14.7 Å². The predicted octanol–water partition coefficient (Wildman–Crippen LogP) is 1.72. The molecule has 1 rings (SSSR count). The van der Waals surface area contributed by atoms with Gasteiger partial charge in [0.15, 0.2) is 0 Å². The molecule has 0 atom stereocenters. The minimum atomic E-state index is -0.746. The summed E-state index contributed by atoms with van der Waals surface area (Å²) in [6, 6.07) is 0. The number of nitrogens with one attached hydrogen (secondary N) is 2. The number of hydrogen-bond donors (Lipinski definition) is 3. The van der Waals surface area contributed by atoms with Gasteiger partial charge in [0.25, 0.3) is 0 Å². The van der Waals surface area contributed by atoms with Crippen LogP contribution in [0.2, 0.25) is 0 Å². The SMILES string of the molecule is Cc1n[nH]c(C)c1CC(=O)NCCCCCCC(=O)O. The molecule has 6 nitrogen and oxygen atoms in total. The second-order valence-corrected chi connectivity index (χ2v) is 5.00. The molecule has 0 aromatic carbocycles. The summed E-state index contributed by atoms with van der Waals surface area (Å²) in [4.78, 5) is 22.1. The summed E-state index contributed by atoms with van der Waals surface area (Å²) in [5, 5.41) is 18.3. The number of nitrogens with zero attached hydrogens (tertiary/aromatic N) is 1. The fourth-order valence-electron chi connectivity index (χ4n) is 2.04. The van der Waals surface area contributed by atoms with E-state index in [1.807, 2.05) is 13.8 Å². The second kappa shape index (κ2) is 8.35. The van der Waals surface area contributed by atoms with E-state index in [9.17, 15) is 9.59 Å². The van der Waals surface area contributed by atoms with Gasteiger partial charge in [0.1, 0.15) is 0 Å². The van der Waals surface area contributed by atoms with Crippen molar-refractivity contribution in [2.24, 2.45) is 0 Å².